The molecule has 3 aliphatic rings. The number of hydrogen-bond acceptors (Lipinski definition) is 3. The normalized spacial score (nSPS) is 14.3. The van der Waals surface area contributed by atoms with Crippen molar-refractivity contribution in [3.05, 3.63) is 374 Å². The second-order valence-electron chi connectivity index (χ2n) is 25.2. The van der Waals surface area contributed by atoms with Crippen LogP contribution in [0.25, 0.3) is 99.5 Å². The molecular weight excluding hydrogens is 1180 g/mol. The first kappa shape index (κ1) is 47.3. The van der Waals surface area contributed by atoms with E-state index in [0.29, 0.717) is 22.9 Å². The summed E-state index contributed by atoms with van der Waals surface area (Å²) >= 11 is 0. The van der Waals surface area contributed by atoms with Gasteiger partial charge in [-0.05, 0) is 146 Å². The highest BCUT2D eigenvalue weighted by Crippen LogP contribution is 2.57. The third-order valence-corrected chi connectivity index (χ3v) is 20.2. The van der Waals surface area contributed by atoms with Crippen LogP contribution in [0.5, 0.6) is 23.0 Å². The van der Waals surface area contributed by atoms with Gasteiger partial charge in [-0.2, -0.15) is 0 Å². The van der Waals surface area contributed by atoms with Crippen molar-refractivity contribution in [2.24, 2.45) is 0 Å². The van der Waals surface area contributed by atoms with Crippen LogP contribution in [0, 0.1) is 0 Å². The highest BCUT2D eigenvalue weighted by atomic mass is 16.5. The summed E-state index contributed by atoms with van der Waals surface area (Å²) in [5.41, 5.74) is 19.5. The van der Waals surface area contributed by atoms with Crippen LogP contribution in [0.3, 0.4) is 0 Å². The molecule has 97 heavy (non-hydrogen) atoms. The van der Waals surface area contributed by atoms with Gasteiger partial charge in [-0.25, -0.2) is 0 Å². The third-order valence-electron chi connectivity index (χ3n) is 20.2. The predicted octanol–water partition coefficient (Wildman–Crippen LogP) is 21.4. The summed E-state index contributed by atoms with van der Waals surface area (Å²) in [4.78, 5) is 2.33. The highest BCUT2D eigenvalue weighted by molar-refractivity contribution is 6.99. The Morgan fingerprint density at radius 3 is 1.47 bits per heavy atom. The molecule has 17 aromatic rings. The molecule has 6 heteroatoms. The van der Waals surface area contributed by atoms with Crippen LogP contribution in [-0.2, 0) is 5.41 Å². The maximum Gasteiger partial charge on any atom is 0.256 e. The number of ether oxygens (including phenoxy) is 2. The van der Waals surface area contributed by atoms with Gasteiger partial charge in [-0.3, -0.25) is 0 Å². The monoisotopic (exact) mass is 1240 g/mol. The highest BCUT2D eigenvalue weighted by Gasteiger charge is 2.47. The largest absolute Gasteiger partial charge is 0.458 e. The zero-order valence-electron chi connectivity index (χ0n) is 60.1. The Bertz CT molecular complexity index is 6300. The second kappa shape index (κ2) is 21.7. The fraction of sp³-hybridized carbons (Fsp3) is 0.0110. The molecule has 0 saturated heterocycles. The molecular formula is C91H58BN3O2. The van der Waals surface area contributed by atoms with Gasteiger partial charge < -0.3 is 23.5 Å². The molecule has 0 bridgehead atoms. The number of anilines is 3. The number of para-hydroxylation sites is 6. The van der Waals surface area contributed by atoms with Crippen molar-refractivity contribution in [3.8, 4) is 78.9 Å². The summed E-state index contributed by atoms with van der Waals surface area (Å²) < 4.78 is 93.3. The minimum atomic E-state index is -0.845. The zero-order chi connectivity index (χ0) is 70.7. The summed E-state index contributed by atoms with van der Waals surface area (Å²) in [7, 11) is 0. The van der Waals surface area contributed by atoms with Crippen LogP contribution in [-0.4, -0.2) is 15.8 Å². The van der Waals surface area contributed by atoms with Gasteiger partial charge in [0.1, 0.15) is 23.0 Å². The van der Waals surface area contributed by atoms with Crippen molar-refractivity contribution in [2.45, 2.75) is 5.41 Å². The quantitative estimate of drug-likeness (QED) is 0.135. The van der Waals surface area contributed by atoms with E-state index in [2.05, 4.69) is 252 Å². The molecule has 452 valence electrons. The standard InChI is InChI=1S/C91H58BN3O2/c1-5-24-60(25-6-1)69-36-23-37-70(61-26-7-2-8-27-61)90(69)95-83-58-68(94-81-41-20-15-34-73(81)74-35-16-21-42-82(74)94)50-52-77(83)92-78-51-46-63(59-44-48-67(49-45-59)93-79-39-18-13-32-71(79)72-33-14-19-40-80(72)93)56-87(78)97-88-57-64(55-84(95)89(88)92)62-47-53-86-76(54-62)91(65-28-9-3-10-29-65,66-30-11-4-12-31-66)75-38-17-22-43-85(75)96-86/h1-58H/i15D,16D,20D,21D,34D,35D,41D,42D. The summed E-state index contributed by atoms with van der Waals surface area (Å²) in [5, 5.41) is 2.37. The molecule has 0 spiro atoms. The van der Waals surface area contributed by atoms with Gasteiger partial charge in [0.05, 0.1) is 44.1 Å². The van der Waals surface area contributed by atoms with E-state index in [0.717, 1.165) is 123 Å². The van der Waals surface area contributed by atoms with E-state index in [1.807, 2.05) is 60.7 Å². The first-order valence-electron chi connectivity index (χ1n) is 36.8. The lowest BCUT2D eigenvalue weighted by atomic mass is 9.34. The summed E-state index contributed by atoms with van der Waals surface area (Å²) in [6, 6.07) is 102. The fourth-order valence-corrected chi connectivity index (χ4v) is 16.0. The van der Waals surface area contributed by atoms with E-state index in [1.165, 1.54) is 10.8 Å². The van der Waals surface area contributed by atoms with E-state index < -0.39 is 48.4 Å². The maximum atomic E-state index is 9.72. The molecule has 0 amide bonds. The van der Waals surface area contributed by atoms with Crippen LogP contribution >= 0.6 is 0 Å². The second-order valence-corrected chi connectivity index (χ2v) is 25.2. The van der Waals surface area contributed by atoms with Gasteiger partial charge >= 0.3 is 0 Å². The first-order chi connectivity index (χ1) is 51.4. The van der Waals surface area contributed by atoms with E-state index >= 15 is 0 Å². The molecule has 0 aliphatic carbocycles. The topological polar surface area (TPSA) is 31.6 Å². The van der Waals surface area contributed by atoms with Gasteiger partial charge in [0.2, 0.25) is 0 Å². The first-order valence-corrected chi connectivity index (χ1v) is 32.8. The molecule has 0 unspecified atom stereocenters. The van der Waals surface area contributed by atoms with Crippen LogP contribution in [0.2, 0.25) is 0 Å². The van der Waals surface area contributed by atoms with E-state index in [4.69, 9.17) is 15.0 Å². The number of fused-ring (bicyclic) bond motifs is 12. The average Bonchev–Trinajstić information content (AvgIpc) is 1.43. The van der Waals surface area contributed by atoms with E-state index in [1.54, 1.807) is 4.57 Å². The maximum absolute atomic E-state index is 9.72. The molecule has 15 aromatic carbocycles. The lowest BCUT2D eigenvalue weighted by molar-refractivity contribution is 0.434. The SMILES string of the molecule is [2H]c1c([2H])c([2H])c2c(c1[2H])c1c([2H])c([2H])c([2H])c([2H])c1n2-c1ccc2c(c1)N(c1c(-c3ccccc3)cccc1-c1ccccc1)c1cc(-c3ccc4c(c3)C(c3ccccc3)(c3ccccc3)c3ccccc3O4)cc3c1B2c1ccc(-c2ccc(-n4c5ccccc5c5ccccc54)cc2)cc1O3. The van der Waals surface area contributed by atoms with Crippen molar-refractivity contribution in [3.63, 3.8) is 0 Å². The molecule has 2 aromatic heterocycles. The Balaban J connectivity index is 0.877. The van der Waals surface area contributed by atoms with Gasteiger partial charge in [0, 0.05) is 66.5 Å². The molecule has 0 N–H and O–H groups in total. The van der Waals surface area contributed by atoms with Gasteiger partial charge in [-0.1, -0.05) is 267 Å². The summed E-state index contributed by atoms with van der Waals surface area (Å²) in [6.07, 6.45) is 0. The van der Waals surface area contributed by atoms with Gasteiger partial charge in [0.25, 0.3) is 6.71 Å². The van der Waals surface area contributed by atoms with Crippen LogP contribution in [0.4, 0.5) is 17.1 Å². The average molecular weight is 1240 g/mol. The van der Waals surface area contributed by atoms with E-state index in [9.17, 15) is 5.48 Å². The van der Waals surface area contributed by atoms with Crippen LogP contribution < -0.4 is 30.8 Å². The van der Waals surface area contributed by atoms with Crippen molar-refractivity contribution in [1.29, 1.82) is 0 Å². The molecule has 3 aliphatic heterocycles. The van der Waals surface area contributed by atoms with Crippen LogP contribution in [0.1, 0.15) is 33.2 Å². The van der Waals surface area contributed by atoms with Crippen molar-refractivity contribution >= 4 is 83.8 Å². The molecule has 0 atom stereocenters. The minimum absolute atomic E-state index is 0.00371. The molecule has 20 rings (SSSR count). The van der Waals surface area contributed by atoms with Gasteiger partial charge in [-0.15, -0.1) is 0 Å². The third kappa shape index (κ3) is 8.33. The zero-order valence-corrected chi connectivity index (χ0v) is 52.1. The molecule has 5 nitrogen and oxygen atoms in total. The lowest BCUT2D eigenvalue weighted by Crippen LogP contribution is -2.59. The number of benzene rings is 15. The molecule has 5 heterocycles. The number of rotatable bonds is 9. The number of hydrogen-bond donors (Lipinski definition) is 0. The Morgan fingerprint density at radius 2 is 0.814 bits per heavy atom. The lowest BCUT2D eigenvalue weighted by Gasteiger charge is -2.42. The minimum Gasteiger partial charge on any atom is -0.458 e. The van der Waals surface area contributed by atoms with Crippen molar-refractivity contribution in [2.75, 3.05) is 4.90 Å². The van der Waals surface area contributed by atoms with E-state index in [-0.39, 0.29) is 33.9 Å². The molecule has 0 saturated carbocycles. The van der Waals surface area contributed by atoms with Gasteiger partial charge in [0.15, 0.2) is 0 Å². The van der Waals surface area contributed by atoms with Crippen molar-refractivity contribution < 1.29 is 20.4 Å². The smallest absolute Gasteiger partial charge is 0.256 e. The Hall–Kier alpha value is -12.6. The molecule has 0 fully saturated rings. The number of nitrogens with zero attached hydrogens (tertiary/aromatic N) is 3. The predicted molar refractivity (Wildman–Crippen MR) is 401 cm³/mol. The fourth-order valence-electron chi connectivity index (χ4n) is 16.0. The van der Waals surface area contributed by atoms with Crippen molar-refractivity contribution in [1.82, 2.24) is 9.13 Å². The summed E-state index contributed by atoms with van der Waals surface area (Å²) in [5.74, 6) is 2.79. The Labute approximate surface area is 573 Å². The molecule has 0 radical (unpaired) electrons. The Kier molecular flexibility index (Phi) is 10.6. The summed E-state index contributed by atoms with van der Waals surface area (Å²) in [6.45, 7) is -0.492. The number of aromatic nitrogens is 2. The Morgan fingerprint density at radius 1 is 0.309 bits per heavy atom. The van der Waals surface area contributed by atoms with Crippen LogP contribution in [0.15, 0.2) is 352 Å².